The van der Waals surface area contributed by atoms with Crippen LogP contribution in [0.15, 0.2) is 24.4 Å². The third-order valence-electron chi connectivity index (χ3n) is 7.77. The van der Waals surface area contributed by atoms with E-state index in [9.17, 15) is 17.2 Å². The molecule has 2 aromatic rings. The number of fused-ring (bicyclic) bond motifs is 1. The molecule has 0 spiro atoms. The van der Waals surface area contributed by atoms with Gasteiger partial charge in [0.05, 0.1) is 18.6 Å². The van der Waals surface area contributed by atoms with Gasteiger partial charge in [0.15, 0.2) is 0 Å². The summed E-state index contributed by atoms with van der Waals surface area (Å²) in [5.74, 6) is -0.419. The highest BCUT2D eigenvalue weighted by molar-refractivity contribution is 7.89. The fraction of sp³-hybridized carbons (Fsp3) is 0.625. The number of hydrogen-bond donors (Lipinski definition) is 1. The van der Waals surface area contributed by atoms with Crippen LogP contribution in [0.5, 0.6) is 0 Å². The Hall–Kier alpha value is -1.88. The number of nitrogens with two attached hydrogens (primary N) is 1. The van der Waals surface area contributed by atoms with Crippen LogP contribution in [0, 0.1) is 23.5 Å². The molecule has 0 radical (unpaired) electrons. The van der Waals surface area contributed by atoms with E-state index in [4.69, 9.17) is 10.5 Å². The second-order valence-corrected chi connectivity index (χ2v) is 11.9. The number of nitrogens with zero attached hydrogens (tertiary/aromatic N) is 3. The Kier molecular flexibility index (Phi) is 6.52. The maximum Gasteiger partial charge on any atom is 0.250 e. The van der Waals surface area contributed by atoms with Crippen molar-refractivity contribution in [2.75, 3.05) is 12.9 Å². The Labute approximate surface area is 199 Å². The summed E-state index contributed by atoms with van der Waals surface area (Å²) in [6, 6.07) is 2.93. The number of rotatable bonds is 5. The van der Waals surface area contributed by atoms with Crippen LogP contribution >= 0.6 is 0 Å². The van der Waals surface area contributed by atoms with Crippen molar-refractivity contribution in [3.63, 3.8) is 0 Å². The summed E-state index contributed by atoms with van der Waals surface area (Å²) in [7, 11) is -3.43. The molecule has 1 aromatic heterocycles. The van der Waals surface area contributed by atoms with Crippen molar-refractivity contribution in [1.29, 1.82) is 0 Å². The van der Waals surface area contributed by atoms with Gasteiger partial charge in [-0.25, -0.2) is 17.2 Å². The van der Waals surface area contributed by atoms with Gasteiger partial charge in [-0.3, -0.25) is 4.90 Å². The molecule has 0 amide bonds. The van der Waals surface area contributed by atoms with Crippen LogP contribution in [0.2, 0.25) is 0 Å². The molecule has 3 heterocycles. The molecule has 1 unspecified atom stereocenters. The fourth-order valence-corrected chi connectivity index (χ4v) is 6.57. The van der Waals surface area contributed by atoms with E-state index in [0.29, 0.717) is 25.6 Å². The van der Waals surface area contributed by atoms with Gasteiger partial charge in [-0.1, -0.05) is 32.1 Å². The Balaban J connectivity index is 1.39. The summed E-state index contributed by atoms with van der Waals surface area (Å²) in [6.45, 7) is 1.42. The summed E-state index contributed by atoms with van der Waals surface area (Å²) in [5, 5.41) is 4.27. The fourth-order valence-electron chi connectivity index (χ4n) is 6.00. The summed E-state index contributed by atoms with van der Waals surface area (Å²) in [5.41, 5.74) is 8.57. The van der Waals surface area contributed by atoms with E-state index >= 15 is 0 Å². The summed E-state index contributed by atoms with van der Waals surface area (Å²) in [6.07, 6.45) is 8.93. The number of halogens is 2. The molecule has 10 heteroatoms. The lowest BCUT2D eigenvalue weighted by atomic mass is 9.74. The van der Waals surface area contributed by atoms with Gasteiger partial charge in [-0.2, -0.15) is 9.19 Å². The van der Waals surface area contributed by atoms with E-state index < -0.39 is 33.8 Å². The van der Waals surface area contributed by atoms with Crippen LogP contribution < -0.4 is 5.73 Å². The predicted molar refractivity (Wildman–Crippen MR) is 123 cm³/mol. The minimum absolute atomic E-state index is 0.00863. The molecule has 1 saturated heterocycles. The summed E-state index contributed by atoms with van der Waals surface area (Å²) in [4.78, 5) is 2.25. The van der Waals surface area contributed by atoms with Crippen molar-refractivity contribution in [2.24, 2.45) is 17.6 Å². The van der Waals surface area contributed by atoms with Crippen molar-refractivity contribution in [3.05, 3.63) is 52.9 Å². The van der Waals surface area contributed by atoms with Crippen LogP contribution in [-0.2, 0) is 27.8 Å². The molecule has 2 aliphatic heterocycles. The van der Waals surface area contributed by atoms with Gasteiger partial charge in [-0.05, 0) is 36.5 Å². The van der Waals surface area contributed by atoms with Crippen LogP contribution in [-0.4, -0.2) is 47.4 Å². The van der Waals surface area contributed by atoms with Crippen molar-refractivity contribution in [2.45, 2.75) is 69.8 Å². The van der Waals surface area contributed by atoms with Gasteiger partial charge in [0, 0.05) is 42.5 Å². The third kappa shape index (κ3) is 4.65. The zero-order valence-electron chi connectivity index (χ0n) is 19.4. The lowest BCUT2D eigenvalue weighted by Crippen LogP contribution is -2.55. The maximum absolute atomic E-state index is 14.6. The highest BCUT2D eigenvalue weighted by atomic mass is 32.2. The Bertz CT molecular complexity index is 1130. The van der Waals surface area contributed by atoms with Gasteiger partial charge >= 0.3 is 0 Å². The molecule has 186 valence electrons. The first-order valence-electron chi connectivity index (χ1n) is 12.0. The minimum Gasteiger partial charge on any atom is -0.370 e. The first kappa shape index (κ1) is 23.8. The summed E-state index contributed by atoms with van der Waals surface area (Å²) >= 11 is 0. The van der Waals surface area contributed by atoms with E-state index in [-0.39, 0.29) is 17.5 Å². The first-order chi connectivity index (χ1) is 16.2. The molecule has 5 rings (SSSR count). The van der Waals surface area contributed by atoms with Gasteiger partial charge < -0.3 is 10.5 Å². The van der Waals surface area contributed by atoms with Gasteiger partial charge in [0.25, 0.3) is 10.0 Å². The lowest BCUT2D eigenvalue weighted by Gasteiger charge is -2.46. The Morgan fingerprint density at radius 3 is 2.65 bits per heavy atom. The van der Waals surface area contributed by atoms with Crippen LogP contribution in [0.25, 0.3) is 0 Å². The van der Waals surface area contributed by atoms with Crippen molar-refractivity contribution >= 4 is 10.0 Å². The molecule has 7 nitrogen and oxygen atoms in total. The maximum atomic E-state index is 14.6. The molecule has 1 saturated carbocycles. The number of aromatic nitrogens is 2. The van der Waals surface area contributed by atoms with E-state index in [1.165, 1.54) is 25.3 Å². The number of hydrogen-bond acceptors (Lipinski definition) is 6. The summed E-state index contributed by atoms with van der Waals surface area (Å²) < 4.78 is 59.4. The molecular formula is C24H32F2N4O3S. The standard InChI is InChI=1S/C24H32F2N4O3S/c1-34(31,32)30-12-16-11-29(13-21(16)28-30)22-14-33-24(18-10-17(25)7-8-20(18)26)23(27)19(22)9-15-5-3-2-4-6-15/h7-8,10,12,15,19,22-24H,2-6,9,11,13-14,27H2,1H3/t19?,22-,23-,24+/m0/s1. The highest BCUT2D eigenvalue weighted by Gasteiger charge is 2.45. The number of benzene rings is 1. The van der Waals surface area contributed by atoms with Gasteiger partial charge in [0.2, 0.25) is 0 Å². The largest absolute Gasteiger partial charge is 0.370 e. The monoisotopic (exact) mass is 494 g/mol. The SMILES string of the molecule is CS(=O)(=O)n1cc2c(n1)CN([C@H]1CO[C@H](c3cc(F)ccc3F)[C@@H](N)C1CC1CCCCC1)C2. The van der Waals surface area contributed by atoms with Gasteiger partial charge in [-0.15, -0.1) is 0 Å². The van der Waals surface area contributed by atoms with E-state index in [2.05, 4.69) is 10.00 Å². The lowest BCUT2D eigenvalue weighted by molar-refractivity contribution is -0.0913. The zero-order valence-corrected chi connectivity index (χ0v) is 20.2. The molecule has 2 N–H and O–H groups in total. The van der Waals surface area contributed by atoms with Crippen LogP contribution in [0.1, 0.15) is 61.4 Å². The zero-order chi connectivity index (χ0) is 24.0. The Morgan fingerprint density at radius 1 is 1.18 bits per heavy atom. The topological polar surface area (TPSA) is 90.5 Å². The molecule has 3 aliphatic rings. The second kappa shape index (κ2) is 9.29. The average Bonchev–Trinajstić information content (AvgIpc) is 3.37. The normalized spacial score (nSPS) is 28.8. The predicted octanol–water partition coefficient (Wildman–Crippen LogP) is 3.34. The van der Waals surface area contributed by atoms with E-state index in [1.54, 1.807) is 6.20 Å². The smallest absolute Gasteiger partial charge is 0.250 e. The second-order valence-electron chi connectivity index (χ2n) is 10.1. The van der Waals surface area contributed by atoms with Gasteiger partial charge in [0.1, 0.15) is 17.7 Å². The molecule has 2 fully saturated rings. The molecule has 34 heavy (non-hydrogen) atoms. The van der Waals surface area contributed by atoms with Crippen molar-refractivity contribution in [3.8, 4) is 0 Å². The molecule has 0 bridgehead atoms. The Morgan fingerprint density at radius 2 is 1.94 bits per heavy atom. The number of ether oxygens (including phenoxy) is 1. The first-order valence-corrected chi connectivity index (χ1v) is 13.9. The van der Waals surface area contributed by atoms with Crippen LogP contribution in [0.3, 0.4) is 0 Å². The molecule has 4 atom stereocenters. The van der Waals surface area contributed by atoms with Crippen molar-refractivity contribution < 1.29 is 21.9 Å². The quantitative estimate of drug-likeness (QED) is 0.686. The molecule has 1 aliphatic carbocycles. The highest BCUT2D eigenvalue weighted by Crippen LogP contribution is 2.41. The van der Waals surface area contributed by atoms with E-state index in [1.807, 2.05) is 0 Å². The molecular weight excluding hydrogens is 462 g/mol. The van der Waals surface area contributed by atoms with E-state index in [0.717, 1.165) is 53.0 Å². The van der Waals surface area contributed by atoms with Crippen molar-refractivity contribution in [1.82, 2.24) is 14.1 Å². The molecule has 1 aromatic carbocycles. The van der Waals surface area contributed by atoms with Crippen LogP contribution in [0.4, 0.5) is 8.78 Å². The third-order valence-corrected chi connectivity index (χ3v) is 8.64. The minimum atomic E-state index is -3.43. The average molecular weight is 495 g/mol.